The van der Waals surface area contributed by atoms with Crippen LogP contribution in [0.1, 0.15) is 4.88 Å². The molecule has 0 unspecified atom stereocenters. The number of ether oxygens (including phenoxy) is 1. The lowest BCUT2D eigenvalue weighted by molar-refractivity contribution is -0.122. The van der Waals surface area contributed by atoms with Crippen molar-refractivity contribution in [1.29, 1.82) is 0 Å². The van der Waals surface area contributed by atoms with Gasteiger partial charge in [-0.1, -0.05) is 6.07 Å². The summed E-state index contributed by atoms with van der Waals surface area (Å²) >= 11 is 3.55. The number of nitrogens with one attached hydrogen (secondary N) is 1. The number of hydrogen-bond donors (Lipinski definition) is 1. The normalized spacial score (nSPS) is 10.6. The Balaban J connectivity index is 1.32. The average molecular weight is 375 g/mol. The van der Waals surface area contributed by atoms with Gasteiger partial charge in [-0.25, -0.2) is 0 Å². The SMILES string of the molecule is O=C(COc1ccc(-c2nnco2)cc1)NCCSCc1cccs1. The van der Waals surface area contributed by atoms with E-state index in [0.717, 1.165) is 17.1 Å². The summed E-state index contributed by atoms with van der Waals surface area (Å²) in [5.74, 6) is 2.80. The molecule has 3 aromatic rings. The molecular formula is C17H17N3O3S2. The van der Waals surface area contributed by atoms with E-state index in [2.05, 4.69) is 27.0 Å². The highest BCUT2D eigenvalue weighted by Gasteiger charge is 2.05. The van der Waals surface area contributed by atoms with Gasteiger partial charge in [0.25, 0.3) is 5.91 Å². The van der Waals surface area contributed by atoms with Crippen molar-refractivity contribution in [3.63, 3.8) is 0 Å². The summed E-state index contributed by atoms with van der Waals surface area (Å²) < 4.78 is 10.6. The largest absolute Gasteiger partial charge is 0.484 e. The highest BCUT2D eigenvalue weighted by atomic mass is 32.2. The molecule has 0 aliphatic heterocycles. The van der Waals surface area contributed by atoms with Gasteiger partial charge in [-0.2, -0.15) is 11.8 Å². The van der Waals surface area contributed by atoms with Crippen molar-refractivity contribution in [3.8, 4) is 17.2 Å². The third-order valence-electron chi connectivity index (χ3n) is 3.22. The first kappa shape index (κ1) is 17.5. The van der Waals surface area contributed by atoms with Gasteiger partial charge in [0.15, 0.2) is 6.61 Å². The molecule has 0 aliphatic carbocycles. The number of thiophene rings is 1. The van der Waals surface area contributed by atoms with E-state index < -0.39 is 0 Å². The Morgan fingerprint density at radius 1 is 1.28 bits per heavy atom. The molecule has 25 heavy (non-hydrogen) atoms. The Morgan fingerprint density at radius 2 is 2.16 bits per heavy atom. The predicted octanol–water partition coefficient (Wildman–Crippen LogP) is 3.23. The number of hydrogen-bond acceptors (Lipinski definition) is 7. The first-order valence-corrected chi connectivity index (χ1v) is 9.71. The number of thioether (sulfide) groups is 1. The molecular weight excluding hydrogens is 358 g/mol. The van der Waals surface area contributed by atoms with Gasteiger partial charge in [-0.3, -0.25) is 4.79 Å². The molecule has 8 heteroatoms. The topological polar surface area (TPSA) is 77.2 Å². The van der Waals surface area contributed by atoms with Crippen LogP contribution in [-0.4, -0.2) is 35.0 Å². The second-order valence-corrected chi connectivity index (χ2v) is 7.18. The number of aromatic nitrogens is 2. The maximum absolute atomic E-state index is 11.8. The van der Waals surface area contributed by atoms with E-state index >= 15 is 0 Å². The van der Waals surface area contributed by atoms with Crippen LogP contribution in [0.15, 0.2) is 52.6 Å². The van der Waals surface area contributed by atoms with Crippen molar-refractivity contribution < 1.29 is 13.9 Å². The Labute approximate surface area is 153 Å². The Morgan fingerprint density at radius 3 is 2.88 bits per heavy atom. The summed E-state index contributed by atoms with van der Waals surface area (Å²) in [4.78, 5) is 13.1. The van der Waals surface area contributed by atoms with Crippen molar-refractivity contribution in [1.82, 2.24) is 15.5 Å². The predicted molar refractivity (Wildman–Crippen MR) is 98.7 cm³/mol. The molecule has 6 nitrogen and oxygen atoms in total. The molecule has 130 valence electrons. The molecule has 0 saturated carbocycles. The summed E-state index contributed by atoms with van der Waals surface area (Å²) in [5.41, 5.74) is 0.803. The van der Waals surface area contributed by atoms with Crippen molar-refractivity contribution in [2.45, 2.75) is 5.75 Å². The van der Waals surface area contributed by atoms with Gasteiger partial charge in [-0.15, -0.1) is 21.5 Å². The standard InChI is InChI=1S/C17H17N3O3S2/c21-16(18-7-9-24-11-15-2-1-8-25-15)10-22-14-5-3-13(4-6-14)17-20-19-12-23-17/h1-6,8,12H,7,9-11H2,(H,18,21). The molecule has 0 saturated heterocycles. The van der Waals surface area contributed by atoms with Gasteiger partial charge in [0, 0.05) is 28.5 Å². The molecule has 0 atom stereocenters. The van der Waals surface area contributed by atoms with Crippen LogP contribution in [0.5, 0.6) is 5.75 Å². The fourth-order valence-corrected chi connectivity index (χ4v) is 3.72. The van der Waals surface area contributed by atoms with E-state index in [1.165, 1.54) is 11.3 Å². The maximum Gasteiger partial charge on any atom is 0.257 e. The first-order valence-electron chi connectivity index (χ1n) is 7.67. The molecule has 2 aromatic heterocycles. The molecule has 1 N–H and O–H groups in total. The summed E-state index contributed by atoms with van der Waals surface area (Å²) in [7, 11) is 0. The number of carbonyl (C=O) groups is 1. The van der Waals surface area contributed by atoms with E-state index in [9.17, 15) is 4.79 Å². The lowest BCUT2D eigenvalue weighted by atomic mass is 10.2. The monoisotopic (exact) mass is 375 g/mol. The van der Waals surface area contributed by atoms with Crippen molar-refractivity contribution in [3.05, 3.63) is 53.0 Å². The van der Waals surface area contributed by atoms with Gasteiger partial charge in [-0.05, 0) is 35.7 Å². The zero-order chi connectivity index (χ0) is 17.3. The zero-order valence-corrected chi connectivity index (χ0v) is 15.0. The lowest BCUT2D eigenvalue weighted by Gasteiger charge is -2.07. The molecule has 0 radical (unpaired) electrons. The molecule has 1 amide bonds. The minimum absolute atomic E-state index is 0.00447. The van der Waals surface area contributed by atoms with Gasteiger partial charge in [0.1, 0.15) is 5.75 Å². The molecule has 0 fully saturated rings. The van der Waals surface area contributed by atoms with E-state index in [0.29, 0.717) is 18.2 Å². The van der Waals surface area contributed by atoms with Crippen LogP contribution in [0.25, 0.3) is 11.5 Å². The fraction of sp³-hybridized carbons (Fsp3) is 0.235. The Hall–Kier alpha value is -2.32. The smallest absolute Gasteiger partial charge is 0.257 e. The maximum atomic E-state index is 11.8. The molecule has 1 aromatic carbocycles. The quantitative estimate of drug-likeness (QED) is 0.579. The van der Waals surface area contributed by atoms with Crippen LogP contribution >= 0.6 is 23.1 Å². The van der Waals surface area contributed by atoms with E-state index in [-0.39, 0.29) is 12.5 Å². The number of nitrogens with zero attached hydrogens (tertiary/aromatic N) is 2. The summed E-state index contributed by atoms with van der Waals surface area (Å²) in [6, 6.07) is 11.3. The Bertz CT molecular complexity index is 759. The minimum atomic E-state index is -0.127. The molecule has 3 rings (SSSR count). The minimum Gasteiger partial charge on any atom is -0.484 e. The van der Waals surface area contributed by atoms with Crippen molar-refractivity contribution >= 4 is 29.0 Å². The highest BCUT2D eigenvalue weighted by Crippen LogP contribution is 2.20. The summed E-state index contributed by atoms with van der Waals surface area (Å²) in [5, 5.41) is 12.4. The molecule has 0 bridgehead atoms. The average Bonchev–Trinajstić information content (AvgIpc) is 3.34. The van der Waals surface area contributed by atoms with Crippen LogP contribution in [0.2, 0.25) is 0 Å². The summed E-state index contributed by atoms with van der Waals surface area (Å²) in [6.07, 6.45) is 1.28. The first-order chi connectivity index (χ1) is 12.3. The van der Waals surface area contributed by atoms with Gasteiger partial charge < -0.3 is 14.5 Å². The van der Waals surface area contributed by atoms with E-state index in [1.807, 2.05) is 18.2 Å². The van der Waals surface area contributed by atoms with Crippen molar-refractivity contribution in [2.24, 2.45) is 0 Å². The third-order valence-corrected chi connectivity index (χ3v) is 5.29. The lowest BCUT2D eigenvalue weighted by Crippen LogP contribution is -2.30. The number of amides is 1. The number of benzene rings is 1. The van der Waals surface area contributed by atoms with Gasteiger partial charge in [0.05, 0.1) is 0 Å². The van der Waals surface area contributed by atoms with Gasteiger partial charge >= 0.3 is 0 Å². The van der Waals surface area contributed by atoms with Crippen LogP contribution in [0.4, 0.5) is 0 Å². The highest BCUT2D eigenvalue weighted by molar-refractivity contribution is 7.98. The zero-order valence-electron chi connectivity index (χ0n) is 13.4. The summed E-state index contributed by atoms with van der Waals surface area (Å²) in [6.45, 7) is 0.629. The van der Waals surface area contributed by atoms with Crippen LogP contribution in [0, 0.1) is 0 Å². The molecule has 0 spiro atoms. The van der Waals surface area contributed by atoms with E-state index in [1.54, 1.807) is 35.2 Å². The van der Waals surface area contributed by atoms with Crippen molar-refractivity contribution in [2.75, 3.05) is 18.9 Å². The van der Waals surface area contributed by atoms with Crippen LogP contribution < -0.4 is 10.1 Å². The third kappa shape index (κ3) is 5.61. The number of rotatable bonds is 9. The van der Waals surface area contributed by atoms with Crippen LogP contribution in [0.3, 0.4) is 0 Å². The molecule has 2 heterocycles. The molecule has 0 aliphatic rings. The fourth-order valence-electron chi connectivity index (χ4n) is 2.02. The van der Waals surface area contributed by atoms with E-state index in [4.69, 9.17) is 9.15 Å². The second kappa shape index (κ2) is 9.24. The second-order valence-electron chi connectivity index (χ2n) is 5.04. The number of carbonyl (C=O) groups excluding carboxylic acids is 1. The Kier molecular flexibility index (Phi) is 6.47. The van der Waals surface area contributed by atoms with Gasteiger partial charge in [0.2, 0.25) is 12.3 Å². The van der Waals surface area contributed by atoms with Crippen LogP contribution in [-0.2, 0) is 10.5 Å².